The summed E-state index contributed by atoms with van der Waals surface area (Å²) < 4.78 is 42.7. The van der Waals surface area contributed by atoms with Crippen molar-refractivity contribution in [2.75, 3.05) is 0 Å². The monoisotopic (exact) mass is 379 g/mol. The van der Waals surface area contributed by atoms with E-state index in [1.54, 1.807) is 23.3 Å². The molecule has 1 N–H and O–H groups in total. The van der Waals surface area contributed by atoms with E-state index in [0.29, 0.717) is 0 Å². The quantitative estimate of drug-likeness (QED) is 0.714. The summed E-state index contributed by atoms with van der Waals surface area (Å²) in [5, 5.41) is 0.0872. The lowest BCUT2D eigenvalue weighted by atomic mass is 10.2. The molecule has 0 aliphatic rings. The third-order valence-corrected chi connectivity index (χ3v) is 5.26. The number of nitrogens with one attached hydrogen (secondary N) is 1. The zero-order valence-electron chi connectivity index (χ0n) is 13.1. The summed E-state index contributed by atoms with van der Waals surface area (Å²) in [4.78, 5) is 3.99. The highest BCUT2D eigenvalue weighted by atomic mass is 35.5. The van der Waals surface area contributed by atoms with Gasteiger partial charge >= 0.3 is 0 Å². The van der Waals surface area contributed by atoms with Gasteiger partial charge in [-0.1, -0.05) is 35.9 Å². The van der Waals surface area contributed by atoms with Crippen molar-refractivity contribution < 1.29 is 12.8 Å². The summed E-state index contributed by atoms with van der Waals surface area (Å²) in [5.74, 6) is -1.16. The van der Waals surface area contributed by atoms with E-state index >= 15 is 0 Å². The fourth-order valence-electron chi connectivity index (χ4n) is 2.41. The molecule has 130 valence electrons. The Balaban J connectivity index is 1.78. The van der Waals surface area contributed by atoms with Gasteiger partial charge in [0.1, 0.15) is 5.82 Å². The van der Waals surface area contributed by atoms with Crippen LogP contribution < -0.4 is 4.72 Å². The Morgan fingerprint density at radius 1 is 1.16 bits per heavy atom. The van der Waals surface area contributed by atoms with Gasteiger partial charge in [0, 0.05) is 29.5 Å². The summed E-state index contributed by atoms with van der Waals surface area (Å²) >= 11 is 5.90. The average molecular weight is 380 g/mol. The molecule has 2 aromatic carbocycles. The van der Waals surface area contributed by atoms with Crippen LogP contribution in [-0.2, 0) is 22.3 Å². The molecular formula is C17H15ClFN3O2S. The van der Waals surface area contributed by atoms with Crippen LogP contribution in [0.25, 0.3) is 5.69 Å². The predicted octanol–water partition coefficient (Wildman–Crippen LogP) is 3.28. The van der Waals surface area contributed by atoms with Gasteiger partial charge in [0.2, 0.25) is 10.0 Å². The average Bonchev–Trinajstić information content (AvgIpc) is 3.11. The largest absolute Gasteiger partial charge is 0.306 e. The minimum Gasteiger partial charge on any atom is -0.306 e. The molecule has 0 atom stereocenters. The van der Waals surface area contributed by atoms with Gasteiger partial charge in [-0.15, -0.1) is 0 Å². The maximum absolute atomic E-state index is 13.8. The molecule has 0 spiro atoms. The van der Waals surface area contributed by atoms with E-state index in [2.05, 4.69) is 9.71 Å². The van der Waals surface area contributed by atoms with Crippen LogP contribution in [0.5, 0.6) is 0 Å². The SMILES string of the molecule is O=S(=O)(Cc1c(F)cccc1Cl)NCc1ccccc1-n1ccnc1. The number of hydrogen-bond acceptors (Lipinski definition) is 3. The lowest BCUT2D eigenvalue weighted by Gasteiger charge is -2.12. The van der Waals surface area contributed by atoms with Crippen molar-refractivity contribution in [3.63, 3.8) is 0 Å². The zero-order valence-corrected chi connectivity index (χ0v) is 14.6. The second kappa shape index (κ2) is 7.35. The van der Waals surface area contributed by atoms with E-state index in [0.717, 1.165) is 11.3 Å². The normalized spacial score (nSPS) is 11.6. The minimum absolute atomic E-state index is 0.0421. The Kier molecular flexibility index (Phi) is 5.17. The summed E-state index contributed by atoms with van der Waals surface area (Å²) in [6.07, 6.45) is 5.04. The molecule has 0 aliphatic heterocycles. The number of benzene rings is 2. The third-order valence-electron chi connectivity index (χ3n) is 3.65. The zero-order chi connectivity index (χ0) is 17.9. The van der Waals surface area contributed by atoms with Gasteiger partial charge in [0.05, 0.1) is 17.8 Å². The van der Waals surface area contributed by atoms with Gasteiger partial charge < -0.3 is 4.57 Å². The Morgan fingerprint density at radius 3 is 2.68 bits per heavy atom. The van der Waals surface area contributed by atoms with Crippen LogP contribution in [0.4, 0.5) is 4.39 Å². The molecular weight excluding hydrogens is 365 g/mol. The van der Waals surface area contributed by atoms with E-state index in [1.165, 1.54) is 18.2 Å². The summed E-state index contributed by atoms with van der Waals surface area (Å²) in [7, 11) is -3.76. The molecule has 0 aliphatic carbocycles. The molecule has 1 heterocycles. The number of nitrogens with zero attached hydrogens (tertiary/aromatic N) is 2. The maximum Gasteiger partial charge on any atom is 0.216 e. The van der Waals surface area contributed by atoms with Crippen LogP contribution in [-0.4, -0.2) is 18.0 Å². The maximum atomic E-state index is 13.8. The molecule has 0 saturated heterocycles. The number of halogens is 2. The molecule has 0 unspecified atom stereocenters. The van der Waals surface area contributed by atoms with Crippen LogP contribution >= 0.6 is 11.6 Å². The van der Waals surface area contributed by atoms with Gasteiger partial charge in [-0.2, -0.15) is 0 Å². The first-order chi connectivity index (χ1) is 12.0. The first-order valence-corrected chi connectivity index (χ1v) is 9.46. The molecule has 0 bridgehead atoms. The summed E-state index contributed by atoms with van der Waals surface area (Å²) in [5.41, 5.74) is 1.54. The van der Waals surface area contributed by atoms with Crippen LogP contribution in [0.3, 0.4) is 0 Å². The molecule has 3 aromatic rings. The fourth-order valence-corrected chi connectivity index (χ4v) is 3.87. The molecule has 0 radical (unpaired) electrons. The number of rotatable bonds is 6. The Bertz CT molecular complexity index is 955. The smallest absolute Gasteiger partial charge is 0.216 e. The Morgan fingerprint density at radius 2 is 1.96 bits per heavy atom. The Hall–Kier alpha value is -2.22. The van der Waals surface area contributed by atoms with Crippen molar-refractivity contribution >= 4 is 21.6 Å². The molecule has 3 rings (SSSR count). The van der Waals surface area contributed by atoms with Crippen LogP contribution in [0.1, 0.15) is 11.1 Å². The molecule has 25 heavy (non-hydrogen) atoms. The number of hydrogen-bond donors (Lipinski definition) is 1. The van der Waals surface area contributed by atoms with E-state index in [4.69, 9.17) is 11.6 Å². The van der Waals surface area contributed by atoms with E-state index in [1.807, 2.05) is 24.3 Å². The topological polar surface area (TPSA) is 64.0 Å². The predicted molar refractivity (Wildman–Crippen MR) is 94.4 cm³/mol. The summed E-state index contributed by atoms with van der Waals surface area (Å²) in [6.45, 7) is 0.0722. The van der Waals surface area contributed by atoms with E-state index < -0.39 is 21.6 Å². The van der Waals surface area contributed by atoms with Crippen molar-refractivity contribution in [1.82, 2.24) is 14.3 Å². The van der Waals surface area contributed by atoms with Gasteiger partial charge in [-0.3, -0.25) is 0 Å². The highest BCUT2D eigenvalue weighted by Gasteiger charge is 2.17. The van der Waals surface area contributed by atoms with Crippen molar-refractivity contribution in [2.45, 2.75) is 12.3 Å². The molecule has 8 heteroatoms. The van der Waals surface area contributed by atoms with Crippen molar-refractivity contribution in [1.29, 1.82) is 0 Å². The number of sulfonamides is 1. The van der Waals surface area contributed by atoms with Gasteiger partial charge in [0.25, 0.3) is 0 Å². The fraction of sp³-hybridized carbons (Fsp3) is 0.118. The standard InChI is InChI=1S/C17H15ClFN3O2S/c18-15-5-3-6-16(19)14(15)11-25(23,24)21-10-13-4-1-2-7-17(13)22-9-8-20-12-22/h1-9,12,21H,10-11H2. The van der Waals surface area contributed by atoms with Crippen LogP contribution in [0.2, 0.25) is 5.02 Å². The van der Waals surface area contributed by atoms with Gasteiger partial charge in [-0.25, -0.2) is 22.5 Å². The molecule has 0 amide bonds. The lowest BCUT2D eigenvalue weighted by Crippen LogP contribution is -2.25. The lowest BCUT2D eigenvalue weighted by molar-refractivity contribution is 0.574. The first kappa shape index (κ1) is 17.6. The number of aromatic nitrogens is 2. The number of imidazole rings is 1. The first-order valence-electron chi connectivity index (χ1n) is 7.43. The van der Waals surface area contributed by atoms with E-state index in [9.17, 15) is 12.8 Å². The highest BCUT2D eigenvalue weighted by molar-refractivity contribution is 7.88. The van der Waals surface area contributed by atoms with Crippen molar-refractivity contribution in [3.05, 3.63) is 83.2 Å². The van der Waals surface area contributed by atoms with Crippen molar-refractivity contribution in [2.24, 2.45) is 0 Å². The molecule has 1 aromatic heterocycles. The van der Waals surface area contributed by atoms with Crippen molar-refractivity contribution in [3.8, 4) is 5.69 Å². The van der Waals surface area contributed by atoms with E-state index in [-0.39, 0.29) is 17.1 Å². The Labute approximate surface area is 150 Å². The van der Waals surface area contributed by atoms with Gasteiger partial charge in [-0.05, 0) is 23.8 Å². The molecule has 5 nitrogen and oxygen atoms in total. The summed E-state index contributed by atoms with van der Waals surface area (Å²) in [6, 6.07) is 11.4. The van der Waals surface area contributed by atoms with Crippen LogP contribution in [0, 0.1) is 5.82 Å². The second-order valence-electron chi connectivity index (χ2n) is 5.38. The van der Waals surface area contributed by atoms with Gasteiger partial charge in [0.15, 0.2) is 0 Å². The second-order valence-corrected chi connectivity index (χ2v) is 7.59. The van der Waals surface area contributed by atoms with Crippen LogP contribution in [0.15, 0.2) is 61.2 Å². The molecule has 0 fully saturated rings. The third kappa shape index (κ3) is 4.25. The highest BCUT2D eigenvalue weighted by Crippen LogP contribution is 2.21. The minimum atomic E-state index is -3.76. The molecule has 0 saturated carbocycles. The number of para-hydroxylation sites is 1.